The summed E-state index contributed by atoms with van der Waals surface area (Å²) < 4.78 is 2.09. The maximum absolute atomic E-state index is 2.49. The predicted octanol–water partition coefficient (Wildman–Crippen LogP) is 2.78. The molecule has 0 bridgehead atoms. The van der Waals surface area contributed by atoms with Crippen LogP contribution in [0.25, 0.3) is 0 Å². The van der Waals surface area contributed by atoms with Gasteiger partial charge in [-0.2, -0.15) is 0 Å². The molecule has 0 atom stereocenters. The van der Waals surface area contributed by atoms with Gasteiger partial charge in [-0.15, -0.1) is 0 Å². The zero-order valence-corrected chi connectivity index (χ0v) is 12.0. The van der Waals surface area contributed by atoms with Gasteiger partial charge in [0.1, 0.15) is 0 Å². The van der Waals surface area contributed by atoms with Gasteiger partial charge < -0.3 is 0 Å². The molecule has 14 heavy (non-hydrogen) atoms. The molecule has 0 amide bonds. The van der Waals surface area contributed by atoms with Crippen molar-refractivity contribution in [1.82, 2.24) is 0 Å². The van der Waals surface area contributed by atoms with E-state index in [1.165, 1.54) is 23.7 Å². The summed E-state index contributed by atoms with van der Waals surface area (Å²) in [5, 5.41) is 1.49. The molecule has 0 aromatic carbocycles. The monoisotopic (exact) mass is 254 g/mol. The van der Waals surface area contributed by atoms with Crippen molar-refractivity contribution in [2.24, 2.45) is 7.05 Å². The third-order valence-corrected chi connectivity index (χ3v) is 6.33. The number of pyridine rings is 1. The van der Waals surface area contributed by atoms with Gasteiger partial charge in [-0.3, -0.25) is 0 Å². The van der Waals surface area contributed by atoms with Crippen LogP contribution in [0.5, 0.6) is 0 Å². The third kappa shape index (κ3) is 4.80. The second-order valence-corrected chi connectivity index (χ2v) is 17.1. The number of hydrogen-bond donors (Lipinski definition) is 0. The first kappa shape index (κ1) is 11.8. The molecule has 0 aliphatic heterocycles. The van der Waals surface area contributed by atoms with Crippen molar-refractivity contribution in [3.05, 3.63) is 30.1 Å². The molecule has 0 saturated heterocycles. The third-order valence-electron chi connectivity index (χ3n) is 2.44. The molecule has 2 heteroatoms. The maximum atomic E-state index is 2.49. The van der Waals surface area contributed by atoms with Crippen LogP contribution in [0.1, 0.15) is 12.0 Å². The van der Waals surface area contributed by atoms with E-state index in [1.54, 1.807) is 0 Å². The number of nitrogens with zero attached hydrogens (tertiary/aromatic N) is 1. The summed E-state index contributed by atoms with van der Waals surface area (Å²) in [6.45, 7) is 0. The van der Waals surface area contributed by atoms with E-state index < -0.39 is 13.3 Å². The van der Waals surface area contributed by atoms with Crippen LogP contribution in [0.4, 0.5) is 0 Å². The van der Waals surface area contributed by atoms with E-state index in [-0.39, 0.29) is 0 Å². The fourth-order valence-corrected chi connectivity index (χ4v) is 4.12. The second kappa shape index (κ2) is 4.97. The van der Waals surface area contributed by atoms with Crippen molar-refractivity contribution in [3.8, 4) is 0 Å². The molecule has 1 aromatic heterocycles. The van der Waals surface area contributed by atoms with Crippen molar-refractivity contribution in [1.29, 1.82) is 0 Å². The summed E-state index contributed by atoms with van der Waals surface area (Å²) in [4.78, 5) is 0. The zero-order chi connectivity index (χ0) is 10.6. The summed E-state index contributed by atoms with van der Waals surface area (Å²) >= 11 is -1.28. The Morgan fingerprint density at radius 2 is 1.71 bits per heavy atom. The molecule has 1 aromatic rings. The SMILES string of the molecule is C[n+]1ccc(CC[CH2][Ge]([CH3])([CH3])[CH3])cc1. The van der Waals surface area contributed by atoms with Crippen LogP contribution in [0.2, 0.25) is 22.5 Å². The summed E-state index contributed by atoms with van der Waals surface area (Å²) in [6, 6.07) is 4.46. The summed E-state index contributed by atoms with van der Waals surface area (Å²) in [7, 11) is 2.06. The van der Waals surface area contributed by atoms with Gasteiger partial charge in [0.15, 0.2) is 0 Å². The number of aryl methyl sites for hydroxylation is 2. The molecular weight excluding hydrogens is 231 g/mol. The predicted molar refractivity (Wildman–Crippen MR) is 64.1 cm³/mol. The molecule has 0 aliphatic rings. The van der Waals surface area contributed by atoms with Crippen molar-refractivity contribution < 1.29 is 4.57 Å². The Hall–Kier alpha value is -0.307. The first-order chi connectivity index (χ1) is 6.47. The normalized spacial score (nSPS) is 11.7. The minimum absolute atomic E-state index is 1.25. The molecule has 78 valence electrons. The van der Waals surface area contributed by atoms with Crippen LogP contribution in [0.3, 0.4) is 0 Å². The average molecular weight is 253 g/mol. The molecule has 0 N–H and O–H groups in total. The van der Waals surface area contributed by atoms with Gasteiger partial charge in [0.05, 0.1) is 0 Å². The van der Waals surface area contributed by atoms with E-state index in [0.717, 1.165) is 0 Å². The first-order valence-electron chi connectivity index (χ1n) is 5.41. The summed E-state index contributed by atoms with van der Waals surface area (Å²) in [6.07, 6.45) is 6.89. The van der Waals surface area contributed by atoms with Crippen LogP contribution in [-0.2, 0) is 13.5 Å². The zero-order valence-electron chi connectivity index (χ0n) is 9.88. The molecule has 0 spiro atoms. The molecule has 0 aliphatic carbocycles. The summed E-state index contributed by atoms with van der Waals surface area (Å²) in [5.74, 6) is 7.47. The Morgan fingerprint density at radius 3 is 2.21 bits per heavy atom. The molecule has 0 saturated carbocycles. The molecule has 0 unspecified atom stereocenters. The summed E-state index contributed by atoms with van der Waals surface area (Å²) in [5.41, 5.74) is 1.48. The van der Waals surface area contributed by atoms with E-state index in [1.807, 2.05) is 0 Å². The fourth-order valence-electron chi connectivity index (χ4n) is 1.52. The standard InChI is InChI=1S/C12H22GeN/c1-13(2,3)9-5-6-12-7-10-14(4)11-8-12/h7-8,10-11H,5-6,9H2,1-4H3/q+1. The molecular formula is C12H22GeN+. The second-order valence-electron chi connectivity index (χ2n) is 5.29. The average Bonchev–Trinajstić information content (AvgIpc) is 2.06. The number of hydrogen-bond acceptors (Lipinski definition) is 0. The van der Waals surface area contributed by atoms with Gasteiger partial charge >= 0.3 is 90.3 Å². The molecule has 0 fully saturated rings. The van der Waals surface area contributed by atoms with Gasteiger partial charge in [0, 0.05) is 0 Å². The minimum atomic E-state index is -1.28. The van der Waals surface area contributed by atoms with E-state index >= 15 is 0 Å². The Bertz CT molecular complexity index is 271. The molecule has 1 rings (SSSR count). The number of rotatable bonds is 4. The van der Waals surface area contributed by atoms with E-state index in [4.69, 9.17) is 0 Å². The van der Waals surface area contributed by atoms with Crippen LogP contribution in [0, 0.1) is 0 Å². The van der Waals surface area contributed by atoms with Gasteiger partial charge in [0.25, 0.3) is 0 Å². The fraction of sp³-hybridized carbons (Fsp3) is 0.583. The molecule has 0 radical (unpaired) electrons. The molecule has 1 heterocycles. The Balaban J connectivity index is 2.35. The van der Waals surface area contributed by atoms with Crippen molar-refractivity contribution in [3.63, 3.8) is 0 Å². The topological polar surface area (TPSA) is 3.88 Å². The molecule has 1 nitrogen and oxygen atoms in total. The van der Waals surface area contributed by atoms with Crippen LogP contribution in [-0.4, -0.2) is 13.3 Å². The Morgan fingerprint density at radius 1 is 1.14 bits per heavy atom. The van der Waals surface area contributed by atoms with Gasteiger partial charge in [-0.25, -0.2) is 0 Å². The van der Waals surface area contributed by atoms with E-state index in [0.29, 0.717) is 0 Å². The van der Waals surface area contributed by atoms with Crippen LogP contribution in [0.15, 0.2) is 24.5 Å². The van der Waals surface area contributed by atoms with Crippen molar-refractivity contribution >= 4 is 13.3 Å². The first-order valence-corrected chi connectivity index (χ1v) is 13.2. The quantitative estimate of drug-likeness (QED) is 0.573. The van der Waals surface area contributed by atoms with E-state index in [9.17, 15) is 0 Å². The van der Waals surface area contributed by atoms with E-state index in [2.05, 4.69) is 53.4 Å². The van der Waals surface area contributed by atoms with Crippen molar-refractivity contribution in [2.75, 3.05) is 0 Å². The van der Waals surface area contributed by atoms with Crippen LogP contribution >= 0.6 is 0 Å². The van der Waals surface area contributed by atoms with Gasteiger partial charge in [-0.1, -0.05) is 0 Å². The Labute approximate surface area is 90.5 Å². The number of aromatic nitrogens is 1. The van der Waals surface area contributed by atoms with Gasteiger partial charge in [0.2, 0.25) is 0 Å². The van der Waals surface area contributed by atoms with Crippen molar-refractivity contribution in [2.45, 2.75) is 35.4 Å². The van der Waals surface area contributed by atoms with Crippen LogP contribution < -0.4 is 4.57 Å². The Kier molecular flexibility index (Phi) is 4.17. The van der Waals surface area contributed by atoms with Gasteiger partial charge in [-0.05, 0) is 0 Å².